The summed E-state index contributed by atoms with van der Waals surface area (Å²) in [4.78, 5) is 19.4. The number of hydrogen-bond acceptors (Lipinski definition) is 3. The van der Waals surface area contributed by atoms with Gasteiger partial charge in [-0.25, -0.2) is 4.79 Å². The molecule has 0 fully saturated rings. The molecule has 0 aliphatic rings. The van der Waals surface area contributed by atoms with Crippen molar-refractivity contribution in [2.75, 3.05) is 0 Å². The van der Waals surface area contributed by atoms with E-state index in [0.717, 1.165) is 0 Å². The third kappa shape index (κ3) is 12.8. The van der Waals surface area contributed by atoms with Crippen LogP contribution < -0.4 is 0 Å². The molecule has 68 valence electrons. The topological polar surface area (TPSA) is 94.8 Å². The van der Waals surface area contributed by atoms with Gasteiger partial charge < -0.3 is 15.3 Å². The molecule has 0 aromatic heterocycles. The SMILES string of the molecule is O=C(O)CC(O)C(=O)O.[CH3][Ca][CH3]. The van der Waals surface area contributed by atoms with Gasteiger partial charge in [-0.2, -0.15) is 0 Å². The van der Waals surface area contributed by atoms with E-state index in [1.807, 2.05) is 0 Å². The second kappa shape index (κ2) is 9.25. The molecule has 0 heterocycles. The fraction of sp³-hybridized carbons (Fsp3) is 0.667. The Bertz CT molecular complexity index is 147. The van der Waals surface area contributed by atoms with Gasteiger partial charge >= 0.3 is 51.8 Å². The minimum absolute atomic E-state index is 0.125. The van der Waals surface area contributed by atoms with Crippen LogP contribution in [0.25, 0.3) is 0 Å². The Hall–Kier alpha value is 0.160. The van der Waals surface area contributed by atoms with Gasteiger partial charge in [0.15, 0.2) is 6.10 Å². The van der Waals surface area contributed by atoms with E-state index >= 15 is 0 Å². The van der Waals surface area contributed by atoms with Gasteiger partial charge in [-0.1, -0.05) is 0 Å². The molecule has 0 aromatic rings. The van der Waals surface area contributed by atoms with Crippen molar-refractivity contribution in [3.05, 3.63) is 0 Å². The van der Waals surface area contributed by atoms with Crippen LogP contribution >= 0.6 is 0 Å². The first-order valence-corrected chi connectivity index (χ1v) is 8.00. The molecule has 1 atom stereocenters. The molecular formula is C6H12CaO5. The molecule has 0 spiro atoms. The zero-order valence-electron chi connectivity index (χ0n) is 7.15. The number of aliphatic carboxylic acids is 2. The fourth-order valence-corrected chi connectivity index (χ4v) is 0.253. The summed E-state index contributed by atoms with van der Waals surface area (Å²) in [7, 11) is 0. The van der Waals surface area contributed by atoms with Crippen LogP contribution in [0.4, 0.5) is 0 Å². The number of aliphatic hydroxyl groups is 1. The third-order valence-corrected chi connectivity index (χ3v) is 0.653. The molecule has 0 rings (SSSR count). The van der Waals surface area contributed by atoms with E-state index in [2.05, 4.69) is 6.04 Å². The van der Waals surface area contributed by atoms with Crippen molar-refractivity contribution in [3.8, 4) is 0 Å². The summed E-state index contributed by atoms with van der Waals surface area (Å²) < 4.78 is 4.62. The van der Waals surface area contributed by atoms with E-state index in [-0.39, 0.29) is 33.8 Å². The Morgan fingerprint density at radius 2 is 1.67 bits per heavy atom. The second-order valence-corrected chi connectivity index (χ2v) is 4.37. The second-order valence-electron chi connectivity index (χ2n) is 2.16. The van der Waals surface area contributed by atoms with Gasteiger partial charge in [0.1, 0.15) is 0 Å². The van der Waals surface area contributed by atoms with E-state index in [0.29, 0.717) is 0 Å². The van der Waals surface area contributed by atoms with Crippen molar-refractivity contribution in [3.63, 3.8) is 0 Å². The van der Waals surface area contributed by atoms with Crippen LogP contribution in [-0.2, 0) is 9.59 Å². The van der Waals surface area contributed by atoms with Gasteiger partial charge in [0.25, 0.3) is 0 Å². The Morgan fingerprint density at radius 3 is 1.75 bits per heavy atom. The average Bonchev–Trinajstić information content (AvgIpc) is 1.87. The van der Waals surface area contributed by atoms with E-state index in [1.165, 1.54) is 0 Å². The number of carboxylic acid groups (broad SMARTS) is 2. The quantitative estimate of drug-likeness (QED) is 0.548. The number of carboxylic acids is 2. The molecule has 5 nitrogen and oxygen atoms in total. The van der Waals surface area contributed by atoms with Crippen LogP contribution in [0.2, 0.25) is 6.04 Å². The molecule has 0 radical (unpaired) electrons. The molecule has 0 aliphatic carbocycles. The van der Waals surface area contributed by atoms with Crippen LogP contribution in [0.1, 0.15) is 6.42 Å². The summed E-state index contributed by atoms with van der Waals surface area (Å²) in [6.07, 6.45) is -2.54. The average molecular weight is 204 g/mol. The van der Waals surface area contributed by atoms with E-state index in [4.69, 9.17) is 15.3 Å². The zero-order valence-corrected chi connectivity index (χ0v) is 9.36. The van der Waals surface area contributed by atoms with Gasteiger partial charge in [-0.3, -0.25) is 4.79 Å². The van der Waals surface area contributed by atoms with Crippen molar-refractivity contribution >= 4 is 45.8 Å². The van der Waals surface area contributed by atoms with Gasteiger partial charge in [0.05, 0.1) is 6.42 Å². The predicted molar refractivity (Wildman–Crippen MR) is 43.4 cm³/mol. The van der Waals surface area contributed by atoms with Crippen molar-refractivity contribution in [2.24, 2.45) is 0 Å². The molecule has 0 aliphatic heterocycles. The van der Waals surface area contributed by atoms with Crippen LogP contribution in [0.3, 0.4) is 0 Å². The Morgan fingerprint density at radius 1 is 1.33 bits per heavy atom. The van der Waals surface area contributed by atoms with E-state index in [9.17, 15) is 9.59 Å². The van der Waals surface area contributed by atoms with Crippen LogP contribution in [0.15, 0.2) is 0 Å². The molecule has 0 amide bonds. The maximum absolute atomic E-state index is 9.72. The van der Waals surface area contributed by atoms with Gasteiger partial charge in [-0.15, -0.1) is 0 Å². The summed E-state index contributed by atoms with van der Waals surface area (Å²) in [5, 5.41) is 24.1. The Kier molecular flexibility index (Phi) is 11.3. The Labute approximate surface area is 88.7 Å². The molecular weight excluding hydrogens is 192 g/mol. The molecule has 12 heavy (non-hydrogen) atoms. The van der Waals surface area contributed by atoms with Crippen molar-refractivity contribution < 1.29 is 24.9 Å². The number of rotatable bonds is 3. The summed E-state index contributed by atoms with van der Waals surface area (Å²) in [5.74, 6) is -2.85. The summed E-state index contributed by atoms with van der Waals surface area (Å²) in [6, 6.07) is 0. The molecule has 6 heteroatoms. The van der Waals surface area contributed by atoms with E-state index in [1.54, 1.807) is 0 Å². The first-order valence-electron chi connectivity index (χ1n) is 3.58. The number of aliphatic hydroxyl groups excluding tert-OH is 1. The normalized spacial score (nSPS) is 10.2. The first kappa shape index (κ1) is 14.7. The van der Waals surface area contributed by atoms with E-state index < -0.39 is 24.5 Å². The molecule has 1 unspecified atom stereocenters. The van der Waals surface area contributed by atoms with Gasteiger partial charge in [0, 0.05) is 0 Å². The van der Waals surface area contributed by atoms with Gasteiger partial charge in [-0.05, 0) is 0 Å². The van der Waals surface area contributed by atoms with Crippen LogP contribution in [0, 0.1) is 0 Å². The Balaban J connectivity index is 0. The zero-order chi connectivity index (χ0) is 10.1. The van der Waals surface area contributed by atoms with Crippen molar-refractivity contribution in [2.45, 2.75) is 18.6 Å². The summed E-state index contributed by atoms with van der Waals surface area (Å²) in [6.45, 7) is 0. The van der Waals surface area contributed by atoms with Gasteiger partial charge in [0.2, 0.25) is 0 Å². The molecule has 0 aromatic carbocycles. The van der Waals surface area contributed by atoms with Crippen molar-refractivity contribution in [1.82, 2.24) is 0 Å². The minimum atomic E-state index is -1.79. The van der Waals surface area contributed by atoms with Crippen molar-refractivity contribution in [1.29, 1.82) is 0 Å². The fourth-order valence-electron chi connectivity index (χ4n) is 0.253. The molecule has 3 N–H and O–H groups in total. The monoisotopic (exact) mass is 204 g/mol. The predicted octanol–water partition coefficient (Wildman–Crippen LogP) is -0.307. The van der Waals surface area contributed by atoms with Crippen LogP contribution in [-0.4, -0.2) is 67.2 Å². The third-order valence-electron chi connectivity index (χ3n) is 0.653. The number of hydrogen-bond donors (Lipinski definition) is 3. The summed E-state index contributed by atoms with van der Waals surface area (Å²) in [5.41, 5.74) is 0. The van der Waals surface area contributed by atoms with Crippen LogP contribution in [0.5, 0.6) is 0 Å². The molecule has 0 bridgehead atoms. The standard InChI is InChI=1S/C4H6O5.2CH3.Ca/c5-2(4(8)9)1-3(6)7;;;/h2,5H,1H2,(H,6,7)(H,8,9);2*1H3;. The molecule has 0 saturated carbocycles. The first-order chi connectivity index (χ1) is 5.45. The summed E-state index contributed by atoms with van der Waals surface area (Å²) >= 11 is 0.125. The maximum atomic E-state index is 9.72. The number of carbonyl (C=O) groups is 2. The molecule has 0 saturated heterocycles.